The second-order valence-corrected chi connectivity index (χ2v) is 7.81. The Morgan fingerprint density at radius 2 is 1.79 bits per heavy atom. The quantitative estimate of drug-likeness (QED) is 0.625. The Bertz CT molecular complexity index is 884. The minimum absolute atomic E-state index is 0.0655. The first-order valence-electron chi connectivity index (χ1n) is 10.0. The van der Waals surface area contributed by atoms with Gasteiger partial charge in [-0.2, -0.15) is 0 Å². The van der Waals surface area contributed by atoms with Crippen molar-refractivity contribution in [1.82, 2.24) is 14.0 Å². The standard InChI is InChI=1S/C19H29N5O4/c1-2-23-18(27)15(16(20)24(19(23)28)10-12-6-5-7-12)14(25)11-22-9-4-3-8-13(22)17(21)26/h12-13H,2-11,20H2,1H3,(H2,21,26). The van der Waals surface area contributed by atoms with Crippen LogP contribution in [0.2, 0.25) is 0 Å². The number of anilines is 1. The summed E-state index contributed by atoms with van der Waals surface area (Å²) < 4.78 is 2.42. The van der Waals surface area contributed by atoms with E-state index in [0.29, 0.717) is 25.4 Å². The third kappa shape index (κ3) is 3.76. The van der Waals surface area contributed by atoms with Gasteiger partial charge in [-0.25, -0.2) is 4.79 Å². The molecule has 1 aromatic rings. The highest BCUT2D eigenvalue weighted by atomic mass is 16.2. The number of ketones is 1. The summed E-state index contributed by atoms with van der Waals surface area (Å²) in [5.41, 5.74) is 10.3. The Morgan fingerprint density at radius 1 is 1.07 bits per heavy atom. The summed E-state index contributed by atoms with van der Waals surface area (Å²) in [4.78, 5) is 51.9. The molecule has 154 valence electrons. The van der Waals surface area contributed by atoms with E-state index in [1.165, 1.54) is 4.57 Å². The number of carbonyl (C=O) groups is 2. The molecule has 0 aromatic carbocycles. The first kappa shape index (κ1) is 20.3. The SMILES string of the molecule is CCn1c(=O)c(C(=O)CN2CCCCC2C(N)=O)c(N)n(CC2CCC2)c1=O. The second-order valence-electron chi connectivity index (χ2n) is 7.81. The number of hydrogen-bond donors (Lipinski definition) is 2. The number of nitrogen functional groups attached to an aromatic ring is 1. The summed E-state index contributed by atoms with van der Waals surface area (Å²) in [6.07, 6.45) is 5.45. The van der Waals surface area contributed by atoms with Crippen molar-refractivity contribution in [1.29, 1.82) is 0 Å². The van der Waals surface area contributed by atoms with Gasteiger partial charge in [0.05, 0.1) is 12.6 Å². The fraction of sp³-hybridized carbons (Fsp3) is 0.684. The Labute approximate surface area is 163 Å². The number of piperidine rings is 1. The molecule has 4 N–H and O–H groups in total. The van der Waals surface area contributed by atoms with Gasteiger partial charge in [0.25, 0.3) is 5.56 Å². The minimum atomic E-state index is -0.660. The molecule has 0 bridgehead atoms. The number of Topliss-reactive ketones (excluding diaryl/α,β-unsaturated/α-hetero) is 1. The molecule has 9 heteroatoms. The monoisotopic (exact) mass is 391 g/mol. The molecule has 1 unspecified atom stereocenters. The zero-order valence-corrected chi connectivity index (χ0v) is 16.4. The molecule has 0 spiro atoms. The number of carbonyl (C=O) groups excluding carboxylic acids is 2. The van der Waals surface area contributed by atoms with Gasteiger partial charge in [-0.1, -0.05) is 12.8 Å². The zero-order valence-electron chi connectivity index (χ0n) is 16.4. The third-order valence-electron chi connectivity index (χ3n) is 6.02. The van der Waals surface area contributed by atoms with Gasteiger partial charge < -0.3 is 11.5 Å². The van der Waals surface area contributed by atoms with Gasteiger partial charge in [-0.15, -0.1) is 0 Å². The van der Waals surface area contributed by atoms with E-state index in [-0.39, 0.29) is 24.5 Å². The van der Waals surface area contributed by atoms with Crippen molar-refractivity contribution >= 4 is 17.5 Å². The van der Waals surface area contributed by atoms with Crippen LogP contribution in [0.1, 0.15) is 55.8 Å². The number of likely N-dealkylation sites (tertiary alicyclic amines) is 1. The van der Waals surface area contributed by atoms with Crippen molar-refractivity contribution in [3.63, 3.8) is 0 Å². The van der Waals surface area contributed by atoms with E-state index in [2.05, 4.69) is 0 Å². The lowest BCUT2D eigenvalue weighted by atomic mass is 9.85. The molecule has 2 fully saturated rings. The molecule has 0 radical (unpaired) electrons. The topological polar surface area (TPSA) is 133 Å². The highest BCUT2D eigenvalue weighted by Gasteiger charge is 2.31. The van der Waals surface area contributed by atoms with E-state index in [9.17, 15) is 19.2 Å². The number of nitrogens with zero attached hydrogens (tertiary/aromatic N) is 3. The van der Waals surface area contributed by atoms with E-state index in [4.69, 9.17) is 11.5 Å². The number of aromatic nitrogens is 2. The van der Waals surface area contributed by atoms with Crippen molar-refractivity contribution in [3.8, 4) is 0 Å². The van der Waals surface area contributed by atoms with Gasteiger partial charge in [0, 0.05) is 13.1 Å². The Kier molecular flexibility index (Phi) is 6.02. The van der Waals surface area contributed by atoms with Gasteiger partial charge in [0.1, 0.15) is 11.4 Å². The van der Waals surface area contributed by atoms with Crippen molar-refractivity contribution in [3.05, 3.63) is 26.4 Å². The maximum Gasteiger partial charge on any atom is 0.332 e. The van der Waals surface area contributed by atoms with Gasteiger partial charge in [0.2, 0.25) is 5.91 Å². The van der Waals surface area contributed by atoms with Crippen LogP contribution in [0.5, 0.6) is 0 Å². The largest absolute Gasteiger partial charge is 0.384 e. The number of nitrogens with two attached hydrogens (primary N) is 2. The normalized spacial score (nSPS) is 20.7. The lowest BCUT2D eigenvalue weighted by Crippen LogP contribution is -2.51. The summed E-state index contributed by atoms with van der Waals surface area (Å²) in [5, 5.41) is 0. The van der Waals surface area contributed by atoms with Crippen LogP contribution in [-0.4, -0.2) is 44.9 Å². The molecule has 1 aliphatic heterocycles. The average molecular weight is 391 g/mol. The van der Waals surface area contributed by atoms with Crippen LogP contribution >= 0.6 is 0 Å². The van der Waals surface area contributed by atoms with E-state index in [1.807, 2.05) is 0 Å². The van der Waals surface area contributed by atoms with Crippen molar-refractivity contribution in [2.45, 2.75) is 64.6 Å². The first-order valence-corrected chi connectivity index (χ1v) is 10.0. The molecule has 1 saturated heterocycles. The van der Waals surface area contributed by atoms with Gasteiger partial charge in [0.15, 0.2) is 5.78 Å². The van der Waals surface area contributed by atoms with Gasteiger partial charge >= 0.3 is 5.69 Å². The minimum Gasteiger partial charge on any atom is -0.384 e. The second kappa shape index (κ2) is 8.30. The predicted molar refractivity (Wildman–Crippen MR) is 105 cm³/mol. The van der Waals surface area contributed by atoms with E-state index >= 15 is 0 Å². The third-order valence-corrected chi connectivity index (χ3v) is 6.02. The fourth-order valence-electron chi connectivity index (χ4n) is 4.13. The zero-order chi connectivity index (χ0) is 20.4. The lowest BCUT2D eigenvalue weighted by molar-refractivity contribution is -0.124. The van der Waals surface area contributed by atoms with Crippen molar-refractivity contribution in [2.24, 2.45) is 11.7 Å². The van der Waals surface area contributed by atoms with Crippen LogP contribution in [0, 0.1) is 5.92 Å². The summed E-state index contributed by atoms with van der Waals surface area (Å²) in [6.45, 7) is 2.71. The summed E-state index contributed by atoms with van der Waals surface area (Å²) in [5.74, 6) is -0.669. The van der Waals surface area contributed by atoms with Crippen molar-refractivity contribution < 1.29 is 9.59 Å². The molecular formula is C19H29N5O4. The lowest BCUT2D eigenvalue weighted by Gasteiger charge is -2.33. The number of rotatable bonds is 7. The van der Waals surface area contributed by atoms with Crippen LogP contribution in [0.25, 0.3) is 0 Å². The van der Waals surface area contributed by atoms with Crippen LogP contribution in [0.3, 0.4) is 0 Å². The number of hydrogen-bond acceptors (Lipinski definition) is 6. The molecule has 9 nitrogen and oxygen atoms in total. The molecule has 2 aliphatic rings. The van der Waals surface area contributed by atoms with Crippen LogP contribution in [0.4, 0.5) is 5.82 Å². The average Bonchev–Trinajstić information content (AvgIpc) is 2.60. The smallest absolute Gasteiger partial charge is 0.332 e. The summed E-state index contributed by atoms with van der Waals surface area (Å²) in [6, 6.07) is -0.520. The maximum atomic E-state index is 13.0. The molecule has 2 heterocycles. The van der Waals surface area contributed by atoms with Gasteiger partial charge in [-0.3, -0.25) is 28.4 Å². The van der Waals surface area contributed by atoms with Crippen LogP contribution in [0.15, 0.2) is 9.59 Å². The molecule has 1 aliphatic carbocycles. The van der Waals surface area contributed by atoms with Crippen molar-refractivity contribution in [2.75, 3.05) is 18.8 Å². The molecule has 1 aromatic heterocycles. The van der Waals surface area contributed by atoms with Gasteiger partial charge in [-0.05, 0) is 45.1 Å². The molecule has 1 atom stereocenters. The molecule has 1 saturated carbocycles. The van der Waals surface area contributed by atoms with E-state index < -0.39 is 29.0 Å². The Morgan fingerprint density at radius 3 is 2.36 bits per heavy atom. The first-order chi connectivity index (χ1) is 13.3. The highest BCUT2D eigenvalue weighted by molar-refractivity contribution is 6.01. The van der Waals surface area contributed by atoms with Crippen LogP contribution < -0.4 is 22.7 Å². The molecule has 3 rings (SSSR count). The number of primary amides is 1. The summed E-state index contributed by atoms with van der Waals surface area (Å²) in [7, 11) is 0. The summed E-state index contributed by atoms with van der Waals surface area (Å²) >= 11 is 0. The maximum absolute atomic E-state index is 13.0. The molecule has 28 heavy (non-hydrogen) atoms. The van der Waals surface area contributed by atoms with E-state index in [0.717, 1.165) is 36.7 Å². The Balaban J connectivity index is 1.96. The Hall–Kier alpha value is -2.42. The molecular weight excluding hydrogens is 362 g/mol. The fourth-order valence-corrected chi connectivity index (χ4v) is 4.13. The van der Waals surface area contributed by atoms with E-state index in [1.54, 1.807) is 11.8 Å². The highest BCUT2D eigenvalue weighted by Crippen LogP contribution is 2.28. The van der Waals surface area contributed by atoms with Crippen LogP contribution in [-0.2, 0) is 17.9 Å². The molecule has 1 amide bonds. The number of amides is 1. The predicted octanol–water partition coefficient (Wildman–Crippen LogP) is -0.0653.